The van der Waals surface area contributed by atoms with E-state index in [9.17, 15) is 10.2 Å². The minimum absolute atomic E-state index is 0.259. The van der Waals surface area contributed by atoms with E-state index in [1.54, 1.807) is 0 Å². The van der Waals surface area contributed by atoms with Gasteiger partial charge in [0.05, 0.1) is 12.2 Å². The third-order valence-corrected chi connectivity index (χ3v) is 3.34. The maximum Gasteiger partial charge on any atom is 0.0870 e. The van der Waals surface area contributed by atoms with Crippen molar-refractivity contribution >= 4 is 0 Å². The van der Waals surface area contributed by atoms with Crippen LogP contribution < -0.4 is 0 Å². The zero-order valence-corrected chi connectivity index (χ0v) is 7.62. The van der Waals surface area contributed by atoms with Crippen LogP contribution in [-0.4, -0.2) is 22.4 Å². The first-order chi connectivity index (χ1) is 5.63. The van der Waals surface area contributed by atoms with E-state index >= 15 is 0 Å². The normalized spacial score (nSPS) is 45.5. The lowest BCUT2D eigenvalue weighted by Gasteiger charge is -2.20. The summed E-state index contributed by atoms with van der Waals surface area (Å²) in [4.78, 5) is 0. The van der Waals surface area contributed by atoms with Crippen LogP contribution in [0.3, 0.4) is 0 Å². The third-order valence-electron chi connectivity index (χ3n) is 3.34. The Balaban J connectivity index is 2.37. The molecule has 2 heteroatoms. The van der Waals surface area contributed by atoms with E-state index in [0.29, 0.717) is 0 Å². The highest BCUT2D eigenvalue weighted by Gasteiger charge is 2.50. The molecule has 12 heavy (non-hydrogen) atoms. The number of fused-ring (bicyclic) bond motifs is 2. The van der Waals surface area contributed by atoms with Crippen molar-refractivity contribution in [2.45, 2.75) is 38.9 Å². The molecule has 2 saturated carbocycles. The summed E-state index contributed by atoms with van der Waals surface area (Å²) >= 11 is 0. The fourth-order valence-corrected chi connectivity index (χ4v) is 2.87. The zero-order chi connectivity index (χ0) is 8.88. The van der Waals surface area contributed by atoms with E-state index in [1.807, 2.05) is 0 Å². The van der Waals surface area contributed by atoms with Gasteiger partial charge in [0.25, 0.3) is 0 Å². The van der Waals surface area contributed by atoms with Crippen LogP contribution in [0.1, 0.15) is 26.7 Å². The van der Waals surface area contributed by atoms with Crippen molar-refractivity contribution in [3.05, 3.63) is 11.1 Å². The van der Waals surface area contributed by atoms with Crippen molar-refractivity contribution in [2.24, 2.45) is 11.8 Å². The van der Waals surface area contributed by atoms with Crippen molar-refractivity contribution < 1.29 is 10.2 Å². The summed E-state index contributed by atoms with van der Waals surface area (Å²) in [5, 5.41) is 19.2. The number of aliphatic hydroxyl groups is 2. The molecule has 0 saturated heterocycles. The molecule has 0 radical (unpaired) electrons. The van der Waals surface area contributed by atoms with Crippen LogP contribution in [0.2, 0.25) is 0 Å². The molecule has 2 nitrogen and oxygen atoms in total. The molecular formula is C10H16O2. The monoisotopic (exact) mass is 168 g/mol. The zero-order valence-electron chi connectivity index (χ0n) is 7.62. The molecule has 0 spiro atoms. The Morgan fingerprint density at radius 1 is 1.08 bits per heavy atom. The van der Waals surface area contributed by atoms with Gasteiger partial charge in [-0.25, -0.2) is 0 Å². The van der Waals surface area contributed by atoms with Crippen molar-refractivity contribution in [3.8, 4) is 0 Å². The Bertz CT molecular complexity index is 210. The molecule has 0 unspecified atom stereocenters. The van der Waals surface area contributed by atoms with E-state index in [2.05, 4.69) is 13.8 Å². The standard InChI is InChI=1S/C10H16O2/c1-5(2)8-6-3-4-7(8)10(12)9(6)11/h6-7,9-12H,3-4H2,1-2H3/t6-,7-,9-,10-/m1/s1. The van der Waals surface area contributed by atoms with Gasteiger partial charge in [0.1, 0.15) is 0 Å². The van der Waals surface area contributed by atoms with Gasteiger partial charge in [0, 0.05) is 11.8 Å². The van der Waals surface area contributed by atoms with E-state index in [0.717, 1.165) is 12.8 Å². The molecule has 68 valence electrons. The lowest BCUT2D eigenvalue weighted by molar-refractivity contribution is -0.0160. The second-order valence-electron chi connectivity index (χ2n) is 4.23. The molecule has 0 heterocycles. The van der Waals surface area contributed by atoms with E-state index < -0.39 is 12.2 Å². The van der Waals surface area contributed by atoms with Gasteiger partial charge in [0.15, 0.2) is 0 Å². The van der Waals surface area contributed by atoms with Crippen LogP contribution in [0, 0.1) is 11.8 Å². The summed E-state index contributed by atoms with van der Waals surface area (Å²) in [6.07, 6.45) is 1.13. The van der Waals surface area contributed by atoms with Gasteiger partial charge < -0.3 is 10.2 Å². The quantitative estimate of drug-likeness (QED) is 0.531. The summed E-state index contributed by atoms with van der Waals surface area (Å²) < 4.78 is 0. The Kier molecular flexibility index (Phi) is 1.77. The van der Waals surface area contributed by atoms with Gasteiger partial charge in [-0.15, -0.1) is 0 Å². The lowest BCUT2D eigenvalue weighted by Crippen LogP contribution is -2.31. The first-order valence-corrected chi connectivity index (χ1v) is 4.66. The Morgan fingerprint density at radius 2 is 1.50 bits per heavy atom. The maximum absolute atomic E-state index is 9.62. The second kappa shape index (κ2) is 2.57. The van der Waals surface area contributed by atoms with Crippen molar-refractivity contribution in [1.82, 2.24) is 0 Å². The van der Waals surface area contributed by atoms with Crippen LogP contribution in [0.5, 0.6) is 0 Å². The Labute approximate surface area is 72.9 Å². The van der Waals surface area contributed by atoms with Crippen molar-refractivity contribution in [2.75, 3.05) is 0 Å². The van der Waals surface area contributed by atoms with Gasteiger partial charge >= 0.3 is 0 Å². The van der Waals surface area contributed by atoms with Crippen molar-refractivity contribution in [1.29, 1.82) is 0 Å². The number of rotatable bonds is 0. The van der Waals surface area contributed by atoms with Gasteiger partial charge in [0.2, 0.25) is 0 Å². The molecular weight excluding hydrogens is 152 g/mol. The molecule has 0 aromatic heterocycles. The highest BCUT2D eigenvalue weighted by Crippen LogP contribution is 2.50. The summed E-state index contributed by atoms with van der Waals surface area (Å²) in [5.41, 5.74) is 2.62. The van der Waals surface area contributed by atoms with Crippen LogP contribution >= 0.6 is 0 Å². The molecule has 2 aliphatic carbocycles. The molecule has 0 aromatic rings. The Hall–Kier alpha value is -0.340. The van der Waals surface area contributed by atoms with Gasteiger partial charge in [-0.3, -0.25) is 0 Å². The van der Waals surface area contributed by atoms with Crippen LogP contribution in [0.4, 0.5) is 0 Å². The average Bonchev–Trinajstić information content (AvgIpc) is 2.51. The highest BCUT2D eigenvalue weighted by molar-refractivity contribution is 5.29. The van der Waals surface area contributed by atoms with Crippen LogP contribution in [0.15, 0.2) is 11.1 Å². The number of hydrogen-bond donors (Lipinski definition) is 2. The van der Waals surface area contributed by atoms with Crippen molar-refractivity contribution in [3.63, 3.8) is 0 Å². The fourth-order valence-electron chi connectivity index (χ4n) is 2.87. The second-order valence-corrected chi connectivity index (χ2v) is 4.23. The predicted octanol–water partition coefficient (Wildman–Crippen LogP) is 1.08. The molecule has 4 atom stereocenters. The van der Waals surface area contributed by atoms with Gasteiger partial charge in [-0.2, -0.15) is 0 Å². The fraction of sp³-hybridized carbons (Fsp3) is 0.800. The first kappa shape index (κ1) is 8.27. The smallest absolute Gasteiger partial charge is 0.0870 e. The topological polar surface area (TPSA) is 40.5 Å². The minimum Gasteiger partial charge on any atom is -0.390 e. The summed E-state index contributed by atoms with van der Waals surface area (Å²) in [6.45, 7) is 4.15. The summed E-state index contributed by atoms with van der Waals surface area (Å²) in [6, 6.07) is 0. The molecule has 2 aliphatic rings. The first-order valence-electron chi connectivity index (χ1n) is 4.66. The number of allylic oxidation sites excluding steroid dienone is 1. The van der Waals surface area contributed by atoms with Gasteiger partial charge in [-0.1, -0.05) is 11.1 Å². The molecule has 0 aliphatic heterocycles. The highest BCUT2D eigenvalue weighted by atomic mass is 16.3. The predicted molar refractivity (Wildman–Crippen MR) is 46.6 cm³/mol. The SMILES string of the molecule is CC(C)=C1[C@H]2CC[C@H]1[C@@H](O)[C@@H]2O. The summed E-state index contributed by atoms with van der Waals surface area (Å²) in [5.74, 6) is 0.519. The maximum atomic E-state index is 9.62. The lowest BCUT2D eigenvalue weighted by atomic mass is 9.95. The Morgan fingerprint density at radius 3 is 1.75 bits per heavy atom. The number of aliphatic hydroxyl groups excluding tert-OH is 2. The summed E-state index contributed by atoms with van der Waals surface area (Å²) in [7, 11) is 0. The third kappa shape index (κ3) is 0.882. The van der Waals surface area contributed by atoms with E-state index in [4.69, 9.17) is 0 Å². The van der Waals surface area contributed by atoms with Crippen LogP contribution in [-0.2, 0) is 0 Å². The van der Waals surface area contributed by atoms with E-state index in [1.165, 1.54) is 11.1 Å². The molecule has 2 N–H and O–H groups in total. The average molecular weight is 168 g/mol. The van der Waals surface area contributed by atoms with E-state index in [-0.39, 0.29) is 11.8 Å². The van der Waals surface area contributed by atoms with Crippen LogP contribution in [0.25, 0.3) is 0 Å². The largest absolute Gasteiger partial charge is 0.390 e. The number of hydrogen-bond acceptors (Lipinski definition) is 2. The molecule has 0 amide bonds. The van der Waals surface area contributed by atoms with Gasteiger partial charge in [-0.05, 0) is 26.7 Å². The minimum atomic E-state index is -0.492. The molecule has 2 rings (SSSR count). The molecule has 0 aromatic carbocycles. The molecule has 2 bridgehead atoms. The molecule has 2 fully saturated rings.